The summed E-state index contributed by atoms with van der Waals surface area (Å²) in [4.78, 5) is 33.5. The molecular weight excluding hydrogens is 302 g/mol. The molecule has 2 rings (SSSR count). The minimum absolute atomic E-state index is 0.0193. The first-order chi connectivity index (χ1) is 9.82. The fourth-order valence-electron chi connectivity index (χ4n) is 1.64. The Bertz CT molecular complexity index is 840. The molecule has 0 saturated heterocycles. The van der Waals surface area contributed by atoms with Crippen LogP contribution in [0.15, 0.2) is 33.9 Å². The molecule has 0 atom stereocenters. The van der Waals surface area contributed by atoms with Crippen LogP contribution in [0.1, 0.15) is 0 Å². The molecule has 0 spiro atoms. The van der Waals surface area contributed by atoms with Gasteiger partial charge in [0.2, 0.25) is 5.88 Å². The minimum atomic E-state index is -0.655. The number of ether oxygens (including phenoxy) is 1. The van der Waals surface area contributed by atoms with Crippen molar-refractivity contribution in [3.63, 3.8) is 0 Å². The van der Waals surface area contributed by atoms with Gasteiger partial charge in [-0.3, -0.25) is 24.0 Å². The normalized spacial score (nSPS) is 10.4. The Morgan fingerprint density at radius 1 is 1.24 bits per heavy atom. The number of hydrogen-bond donors (Lipinski definition) is 0. The summed E-state index contributed by atoms with van der Waals surface area (Å²) in [7, 11) is 2.73. The molecular formula is C12H10ClN3O5. The summed E-state index contributed by atoms with van der Waals surface area (Å²) in [6, 6.07) is 5.10. The second-order valence-electron chi connectivity index (χ2n) is 4.17. The second-order valence-corrected chi connectivity index (χ2v) is 4.55. The van der Waals surface area contributed by atoms with Crippen molar-refractivity contribution in [1.82, 2.24) is 9.13 Å². The molecule has 0 aliphatic rings. The molecule has 8 nitrogen and oxygen atoms in total. The van der Waals surface area contributed by atoms with Crippen molar-refractivity contribution in [3.8, 4) is 11.6 Å². The highest BCUT2D eigenvalue weighted by molar-refractivity contribution is 6.34. The highest BCUT2D eigenvalue weighted by Crippen LogP contribution is 2.35. The summed E-state index contributed by atoms with van der Waals surface area (Å²) in [5.74, 6) is -0.0837. The van der Waals surface area contributed by atoms with Crippen molar-refractivity contribution in [2.24, 2.45) is 14.1 Å². The summed E-state index contributed by atoms with van der Waals surface area (Å²) >= 11 is 5.88. The molecule has 0 amide bonds. The lowest BCUT2D eigenvalue weighted by atomic mass is 10.3. The number of aromatic nitrogens is 2. The van der Waals surface area contributed by atoms with Crippen LogP contribution in [0.4, 0.5) is 5.69 Å². The standard InChI is InChI=1S/C12H10ClN3O5/c1-14-9(17)6-10(15(2)12(14)18)21-8-5-3-4-7(11(8)13)16(19)20/h3-6H,1-2H3. The summed E-state index contributed by atoms with van der Waals surface area (Å²) in [6.45, 7) is 0. The molecule has 1 aromatic heterocycles. The van der Waals surface area contributed by atoms with Crippen molar-refractivity contribution in [2.75, 3.05) is 0 Å². The van der Waals surface area contributed by atoms with Gasteiger partial charge in [0, 0.05) is 20.2 Å². The third-order valence-corrected chi connectivity index (χ3v) is 3.22. The number of halogens is 1. The van der Waals surface area contributed by atoms with Crippen molar-refractivity contribution < 1.29 is 9.66 Å². The monoisotopic (exact) mass is 311 g/mol. The highest BCUT2D eigenvalue weighted by atomic mass is 35.5. The van der Waals surface area contributed by atoms with Crippen LogP contribution < -0.4 is 16.0 Å². The van der Waals surface area contributed by atoms with Crippen LogP contribution >= 0.6 is 11.6 Å². The van der Waals surface area contributed by atoms with Gasteiger partial charge in [-0.15, -0.1) is 0 Å². The molecule has 0 N–H and O–H groups in total. The van der Waals surface area contributed by atoms with Gasteiger partial charge in [0.25, 0.3) is 11.2 Å². The number of nitro benzene ring substituents is 1. The van der Waals surface area contributed by atoms with E-state index in [-0.39, 0.29) is 22.3 Å². The van der Waals surface area contributed by atoms with Gasteiger partial charge in [0.05, 0.1) is 11.0 Å². The Balaban J connectivity index is 2.54. The molecule has 21 heavy (non-hydrogen) atoms. The Morgan fingerprint density at radius 3 is 2.52 bits per heavy atom. The van der Waals surface area contributed by atoms with Crippen LogP contribution in [-0.4, -0.2) is 14.1 Å². The first kappa shape index (κ1) is 14.8. The van der Waals surface area contributed by atoms with E-state index in [0.29, 0.717) is 0 Å². The predicted molar refractivity (Wildman–Crippen MR) is 75.1 cm³/mol. The van der Waals surface area contributed by atoms with Crippen LogP contribution in [-0.2, 0) is 14.1 Å². The third kappa shape index (κ3) is 2.65. The van der Waals surface area contributed by atoms with Gasteiger partial charge in [-0.05, 0) is 6.07 Å². The number of nitro groups is 1. The molecule has 0 aliphatic heterocycles. The van der Waals surface area contributed by atoms with Crippen LogP contribution in [0.3, 0.4) is 0 Å². The van der Waals surface area contributed by atoms with Gasteiger partial charge >= 0.3 is 5.69 Å². The van der Waals surface area contributed by atoms with Crippen molar-refractivity contribution in [2.45, 2.75) is 0 Å². The molecule has 0 saturated carbocycles. The Morgan fingerprint density at radius 2 is 1.90 bits per heavy atom. The summed E-state index contributed by atoms with van der Waals surface area (Å²) < 4.78 is 7.36. The summed E-state index contributed by atoms with van der Waals surface area (Å²) in [6.07, 6.45) is 0. The molecule has 1 heterocycles. The van der Waals surface area contributed by atoms with Crippen LogP contribution in [0.5, 0.6) is 11.6 Å². The van der Waals surface area contributed by atoms with E-state index in [2.05, 4.69) is 0 Å². The number of benzene rings is 1. The lowest BCUT2D eigenvalue weighted by Crippen LogP contribution is -2.36. The largest absolute Gasteiger partial charge is 0.439 e. The van der Waals surface area contributed by atoms with Gasteiger partial charge in [0.15, 0.2) is 10.8 Å². The van der Waals surface area contributed by atoms with Gasteiger partial charge < -0.3 is 4.74 Å². The highest BCUT2D eigenvalue weighted by Gasteiger charge is 2.18. The van der Waals surface area contributed by atoms with E-state index in [0.717, 1.165) is 15.2 Å². The smallest absolute Gasteiger partial charge is 0.333 e. The van der Waals surface area contributed by atoms with Crippen molar-refractivity contribution in [1.29, 1.82) is 0 Å². The first-order valence-electron chi connectivity index (χ1n) is 5.70. The topological polar surface area (TPSA) is 96.4 Å². The van der Waals surface area contributed by atoms with E-state index < -0.39 is 16.2 Å². The SMILES string of the molecule is Cn1c(Oc2cccc([N+](=O)[O-])c2Cl)cc(=O)n(C)c1=O. The average molecular weight is 312 g/mol. The quantitative estimate of drug-likeness (QED) is 0.631. The van der Waals surface area contributed by atoms with Gasteiger partial charge in [-0.25, -0.2) is 4.79 Å². The van der Waals surface area contributed by atoms with E-state index >= 15 is 0 Å². The number of nitrogens with zero attached hydrogens (tertiary/aromatic N) is 3. The van der Waals surface area contributed by atoms with Gasteiger partial charge in [-0.1, -0.05) is 17.7 Å². The zero-order chi connectivity index (χ0) is 15.7. The molecule has 1 aromatic carbocycles. The third-order valence-electron chi connectivity index (χ3n) is 2.84. The van der Waals surface area contributed by atoms with Crippen LogP contribution in [0.2, 0.25) is 5.02 Å². The molecule has 0 radical (unpaired) electrons. The molecule has 0 bridgehead atoms. The van der Waals surface area contributed by atoms with Crippen LogP contribution in [0, 0.1) is 10.1 Å². The van der Waals surface area contributed by atoms with E-state index in [9.17, 15) is 19.7 Å². The minimum Gasteiger partial charge on any atom is -0.439 e. The molecule has 9 heteroatoms. The average Bonchev–Trinajstić information content (AvgIpc) is 2.44. The lowest BCUT2D eigenvalue weighted by molar-refractivity contribution is -0.384. The Hall–Kier alpha value is -2.61. The molecule has 0 unspecified atom stereocenters. The maximum Gasteiger partial charge on any atom is 0.333 e. The second kappa shape index (κ2) is 5.41. The maximum absolute atomic E-state index is 11.8. The van der Waals surface area contributed by atoms with Crippen molar-refractivity contribution in [3.05, 3.63) is 60.2 Å². The fraction of sp³-hybridized carbons (Fsp3) is 0.167. The Labute approximate surface area is 122 Å². The predicted octanol–water partition coefficient (Wildman–Crippen LogP) is 1.44. The van der Waals surface area contributed by atoms with E-state index in [1.807, 2.05) is 0 Å². The molecule has 2 aromatic rings. The fourth-order valence-corrected chi connectivity index (χ4v) is 1.88. The van der Waals surface area contributed by atoms with Crippen LogP contribution in [0.25, 0.3) is 0 Å². The molecule has 0 aliphatic carbocycles. The van der Waals surface area contributed by atoms with E-state index in [1.165, 1.54) is 32.3 Å². The zero-order valence-electron chi connectivity index (χ0n) is 11.1. The first-order valence-corrected chi connectivity index (χ1v) is 6.08. The van der Waals surface area contributed by atoms with Crippen molar-refractivity contribution >= 4 is 17.3 Å². The van der Waals surface area contributed by atoms with E-state index in [4.69, 9.17) is 16.3 Å². The number of hydrogen-bond acceptors (Lipinski definition) is 5. The molecule has 0 fully saturated rings. The van der Waals surface area contributed by atoms with Gasteiger partial charge in [0.1, 0.15) is 0 Å². The molecule has 110 valence electrons. The van der Waals surface area contributed by atoms with Gasteiger partial charge in [-0.2, -0.15) is 0 Å². The van der Waals surface area contributed by atoms with E-state index in [1.54, 1.807) is 0 Å². The zero-order valence-corrected chi connectivity index (χ0v) is 11.8. The Kier molecular flexibility index (Phi) is 3.81. The maximum atomic E-state index is 11.8. The summed E-state index contributed by atoms with van der Waals surface area (Å²) in [5.41, 5.74) is -1.48. The summed E-state index contributed by atoms with van der Waals surface area (Å²) in [5, 5.41) is 10.6. The lowest BCUT2D eigenvalue weighted by Gasteiger charge is -2.11. The number of rotatable bonds is 3.